The summed E-state index contributed by atoms with van der Waals surface area (Å²) in [7, 11) is 0. The van der Waals surface area contributed by atoms with Crippen LogP contribution >= 0.6 is 11.6 Å². The van der Waals surface area contributed by atoms with Gasteiger partial charge in [0.1, 0.15) is 0 Å². The largest absolute Gasteiger partial charge is 0.355 e. The third-order valence-corrected chi connectivity index (χ3v) is 4.17. The third kappa shape index (κ3) is 2.62. The fourth-order valence-corrected chi connectivity index (χ4v) is 3.10. The predicted molar refractivity (Wildman–Crippen MR) is 98.7 cm³/mol. The first kappa shape index (κ1) is 14.0. The first-order valence-electron chi connectivity index (χ1n) is 7.52. The molecule has 0 aliphatic rings. The highest BCUT2D eigenvalue weighted by Crippen LogP contribution is 2.31. The summed E-state index contributed by atoms with van der Waals surface area (Å²) in [6.07, 6.45) is 0. The van der Waals surface area contributed by atoms with Crippen LogP contribution in [0.25, 0.3) is 21.7 Å². The number of halogens is 1. The Morgan fingerprint density at radius 2 is 1.74 bits per heavy atom. The van der Waals surface area contributed by atoms with E-state index in [9.17, 15) is 0 Å². The molecule has 0 unspecified atom stereocenters. The molecule has 0 aliphatic carbocycles. The first-order chi connectivity index (χ1) is 11.2. The van der Waals surface area contributed by atoms with Crippen molar-refractivity contribution in [1.82, 2.24) is 4.98 Å². The summed E-state index contributed by atoms with van der Waals surface area (Å²) >= 11 is 6.09. The van der Waals surface area contributed by atoms with Crippen LogP contribution in [0.2, 0.25) is 5.02 Å². The molecule has 4 aromatic rings. The summed E-state index contributed by atoms with van der Waals surface area (Å²) < 4.78 is 0. The van der Waals surface area contributed by atoms with E-state index in [0.717, 1.165) is 33.0 Å². The number of nitrogens with one attached hydrogen (secondary N) is 1. The van der Waals surface area contributed by atoms with E-state index < -0.39 is 0 Å². The highest BCUT2D eigenvalue weighted by Gasteiger charge is 2.08. The van der Waals surface area contributed by atoms with E-state index >= 15 is 0 Å². The molecule has 0 amide bonds. The van der Waals surface area contributed by atoms with Crippen molar-refractivity contribution in [3.63, 3.8) is 0 Å². The monoisotopic (exact) mass is 318 g/mol. The molecule has 0 aliphatic heterocycles. The van der Waals surface area contributed by atoms with Crippen LogP contribution in [0.15, 0.2) is 66.7 Å². The van der Waals surface area contributed by atoms with Crippen LogP contribution in [0.3, 0.4) is 0 Å². The standard InChI is InChI=1S/C20H15ClN2/c1-13-11-19(23-16-7-4-6-15(21)12-16)18-10-9-14-5-2-3-8-17(14)20(18)22-13/h2-12H,1H3,(H,22,23). The summed E-state index contributed by atoms with van der Waals surface area (Å²) in [6.45, 7) is 2.02. The molecular weight excluding hydrogens is 304 g/mol. The Bertz CT molecular complexity index is 1020. The van der Waals surface area contributed by atoms with Crippen LogP contribution in [0, 0.1) is 6.92 Å². The van der Waals surface area contributed by atoms with Crippen molar-refractivity contribution in [2.75, 3.05) is 5.32 Å². The molecule has 4 rings (SSSR count). The van der Waals surface area contributed by atoms with Crippen LogP contribution in [0.5, 0.6) is 0 Å². The van der Waals surface area contributed by atoms with Gasteiger partial charge in [-0.1, -0.05) is 54.1 Å². The molecule has 0 saturated carbocycles. The number of fused-ring (bicyclic) bond motifs is 3. The Hall–Kier alpha value is -2.58. The van der Waals surface area contributed by atoms with Crippen molar-refractivity contribution in [3.05, 3.63) is 77.4 Å². The average Bonchev–Trinajstić information content (AvgIpc) is 2.54. The zero-order valence-corrected chi connectivity index (χ0v) is 13.4. The summed E-state index contributed by atoms with van der Waals surface area (Å²) in [5.41, 5.74) is 4.02. The zero-order valence-electron chi connectivity index (χ0n) is 12.7. The number of aryl methyl sites for hydroxylation is 1. The van der Waals surface area contributed by atoms with Crippen molar-refractivity contribution in [2.24, 2.45) is 0 Å². The highest BCUT2D eigenvalue weighted by atomic mass is 35.5. The molecule has 0 saturated heterocycles. The number of nitrogens with zero attached hydrogens (tertiary/aromatic N) is 1. The van der Waals surface area contributed by atoms with Crippen LogP contribution in [-0.2, 0) is 0 Å². The fraction of sp³-hybridized carbons (Fsp3) is 0.0500. The van der Waals surface area contributed by atoms with Crippen LogP contribution < -0.4 is 5.32 Å². The van der Waals surface area contributed by atoms with Crippen molar-refractivity contribution >= 4 is 44.7 Å². The quantitative estimate of drug-likeness (QED) is 0.452. The minimum Gasteiger partial charge on any atom is -0.355 e. The topological polar surface area (TPSA) is 24.9 Å². The summed E-state index contributed by atoms with van der Waals surface area (Å²) in [5.74, 6) is 0. The summed E-state index contributed by atoms with van der Waals surface area (Å²) in [4.78, 5) is 4.76. The fourth-order valence-electron chi connectivity index (χ4n) is 2.91. The molecule has 0 radical (unpaired) electrons. The lowest BCUT2D eigenvalue weighted by Gasteiger charge is -2.12. The second-order valence-corrected chi connectivity index (χ2v) is 6.07. The van der Waals surface area contributed by atoms with Gasteiger partial charge in [0.25, 0.3) is 0 Å². The SMILES string of the molecule is Cc1cc(Nc2cccc(Cl)c2)c2ccc3ccccc3c2n1. The molecule has 1 heterocycles. The van der Waals surface area contributed by atoms with E-state index in [2.05, 4.69) is 47.8 Å². The van der Waals surface area contributed by atoms with Crippen molar-refractivity contribution in [2.45, 2.75) is 6.92 Å². The van der Waals surface area contributed by atoms with E-state index in [1.165, 1.54) is 10.8 Å². The minimum atomic E-state index is 0.718. The molecule has 0 bridgehead atoms. The van der Waals surface area contributed by atoms with Gasteiger partial charge in [-0.2, -0.15) is 0 Å². The number of anilines is 2. The second kappa shape index (κ2) is 5.56. The normalized spacial score (nSPS) is 11.0. The molecular formula is C20H15ClN2. The Labute approximate surface area is 139 Å². The van der Waals surface area contributed by atoms with Gasteiger partial charge in [0.2, 0.25) is 0 Å². The first-order valence-corrected chi connectivity index (χ1v) is 7.90. The third-order valence-electron chi connectivity index (χ3n) is 3.94. The molecule has 23 heavy (non-hydrogen) atoms. The lowest BCUT2D eigenvalue weighted by Crippen LogP contribution is -1.95. The molecule has 3 aromatic carbocycles. The molecule has 0 atom stereocenters. The smallest absolute Gasteiger partial charge is 0.0804 e. The molecule has 3 heteroatoms. The maximum Gasteiger partial charge on any atom is 0.0804 e. The Kier molecular flexibility index (Phi) is 3.40. The van der Waals surface area contributed by atoms with Gasteiger partial charge in [-0.15, -0.1) is 0 Å². The molecule has 1 N–H and O–H groups in total. The number of benzene rings is 3. The van der Waals surface area contributed by atoms with Gasteiger partial charge in [0.15, 0.2) is 0 Å². The number of rotatable bonds is 2. The number of hydrogen-bond acceptors (Lipinski definition) is 2. The average molecular weight is 319 g/mol. The van der Waals surface area contributed by atoms with E-state index in [4.69, 9.17) is 16.6 Å². The number of pyridine rings is 1. The summed E-state index contributed by atoms with van der Waals surface area (Å²) in [5, 5.41) is 7.66. The molecule has 0 fully saturated rings. The molecule has 1 aromatic heterocycles. The van der Waals surface area contributed by atoms with E-state index in [1.807, 2.05) is 31.2 Å². The van der Waals surface area contributed by atoms with Crippen molar-refractivity contribution < 1.29 is 0 Å². The van der Waals surface area contributed by atoms with Gasteiger partial charge in [-0.05, 0) is 36.6 Å². The van der Waals surface area contributed by atoms with E-state index in [1.54, 1.807) is 0 Å². The number of hydrogen-bond donors (Lipinski definition) is 1. The Morgan fingerprint density at radius 1 is 0.870 bits per heavy atom. The number of aromatic nitrogens is 1. The van der Waals surface area contributed by atoms with Crippen LogP contribution in [0.4, 0.5) is 11.4 Å². The lowest BCUT2D eigenvalue weighted by molar-refractivity contribution is 1.26. The van der Waals surface area contributed by atoms with Crippen molar-refractivity contribution in [3.8, 4) is 0 Å². The second-order valence-electron chi connectivity index (χ2n) is 5.63. The Balaban J connectivity index is 1.94. The zero-order chi connectivity index (χ0) is 15.8. The minimum absolute atomic E-state index is 0.718. The van der Waals surface area contributed by atoms with Crippen LogP contribution in [-0.4, -0.2) is 4.98 Å². The summed E-state index contributed by atoms with van der Waals surface area (Å²) in [6, 6.07) is 22.4. The van der Waals surface area contributed by atoms with Gasteiger partial charge in [0.05, 0.1) is 5.52 Å². The predicted octanol–water partition coefficient (Wildman–Crippen LogP) is 6.09. The highest BCUT2D eigenvalue weighted by molar-refractivity contribution is 6.30. The molecule has 0 spiro atoms. The maximum atomic E-state index is 6.09. The van der Waals surface area contributed by atoms with Crippen molar-refractivity contribution in [1.29, 1.82) is 0 Å². The molecule has 112 valence electrons. The van der Waals surface area contributed by atoms with Gasteiger partial charge < -0.3 is 5.32 Å². The van der Waals surface area contributed by atoms with Gasteiger partial charge in [0, 0.05) is 32.9 Å². The Morgan fingerprint density at radius 3 is 2.61 bits per heavy atom. The maximum absolute atomic E-state index is 6.09. The lowest BCUT2D eigenvalue weighted by atomic mass is 10.0. The van der Waals surface area contributed by atoms with Gasteiger partial charge in [-0.3, -0.25) is 4.98 Å². The van der Waals surface area contributed by atoms with Gasteiger partial charge in [-0.25, -0.2) is 0 Å². The van der Waals surface area contributed by atoms with Gasteiger partial charge >= 0.3 is 0 Å². The van der Waals surface area contributed by atoms with E-state index in [0.29, 0.717) is 0 Å². The van der Waals surface area contributed by atoms with Crippen LogP contribution in [0.1, 0.15) is 5.69 Å². The van der Waals surface area contributed by atoms with E-state index in [-0.39, 0.29) is 0 Å². The molecule has 2 nitrogen and oxygen atoms in total.